The van der Waals surface area contributed by atoms with Crippen LogP contribution >= 0.6 is 0 Å². The Labute approximate surface area is 112 Å². The molecule has 4 heteroatoms. The molecule has 0 spiro atoms. The summed E-state index contributed by atoms with van der Waals surface area (Å²) in [6.07, 6.45) is 4.28. The van der Waals surface area contributed by atoms with Gasteiger partial charge in [-0.25, -0.2) is 8.78 Å². The molecule has 0 saturated carbocycles. The minimum Gasteiger partial charge on any atom is -0.387 e. The monoisotopic (exact) mass is 269 g/mol. The second kappa shape index (κ2) is 6.44. The highest BCUT2D eigenvalue weighted by atomic mass is 19.1. The van der Waals surface area contributed by atoms with E-state index in [-0.39, 0.29) is 6.04 Å². The van der Waals surface area contributed by atoms with Crippen LogP contribution in [0, 0.1) is 11.6 Å². The summed E-state index contributed by atoms with van der Waals surface area (Å²) >= 11 is 0. The number of rotatable bonds is 4. The zero-order valence-electron chi connectivity index (χ0n) is 11.2. The van der Waals surface area contributed by atoms with Gasteiger partial charge in [-0.05, 0) is 37.0 Å². The van der Waals surface area contributed by atoms with Crippen molar-refractivity contribution in [3.63, 3.8) is 0 Å². The van der Waals surface area contributed by atoms with Gasteiger partial charge >= 0.3 is 0 Å². The number of halogens is 2. The number of benzene rings is 1. The minimum absolute atomic E-state index is 0.119. The molecule has 19 heavy (non-hydrogen) atoms. The van der Waals surface area contributed by atoms with Crippen LogP contribution < -0.4 is 5.32 Å². The molecule has 1 aromatic rings. The van der Waals surface area contributed by atoms with E-state index in [0.717, 1.165) is 38.2 Å². The van der Waals surface area contributed by atoms with Gasteiger partial charge < -0.3 is 10.4 Å². The van der Waals surface area contributed by atoms with Crippen molar-refractivity contribution in [2.24, 2.45) is 0 Å². The molecule has 2 nitrogen and oxygen atoms in total. The first-order chi connectivity index (χ1) is 9.10. The Hall–Kier alpha value is -1.00. The summed E-state index contributed by atoms with van der Waals surface area (Å²) in [6.45, 7) is 2.13. The number of piperidine rings is 1. The minimum atomic E-state index is -0.857. The Balaban J connectivity index is 2.07. The average Bonchev–Trinajstić information content (AvgIpc) is 2.37. The average molecular weight is 269 g/mol. The maximum atomic E-state index is 13.2. The van der Waals surface area contributed by atoms with Gasteiger partial charge in [-0.2, -0.15) is 0 Å². The first kappa shape index (κ1) is 14.4. The zero-order chi connectivity index (χ0) is 13.8. The van der Waals surface area contributed by atoms with Gasteiger partial charge in [0.25, 0.3) is 0 Å². The van der Waals surface area contributed by atoms with Gasteiger partial charge in [0.05, 0.1) is 6.10 Å². The van der Waals surface area contributed by atoms with E-state index >= 15 is 0 Å². The highest BCUT2D eigenvalue weighted by molar-refractivity contribution is 5.21. The first-order valence-electron chi connectivity index (χ1n) is 7.00. The Bertz CT molecular complexity index is 402. The van der Waals surface area contributed by atoms with E-state index in [1.807, 2.05) is 0 Å². The van der Waals surface area contributed by atoms with Crippen molar-refractivity contribution in [2.75, 3.05) is 0 Å². The number of aliphatic hydroxyl groups is 1. The summed E-state index contributed by atoms with van der Waals surface area (Å²) in [4.78, 5) is 0. The molecule has 106 valence electrons. The molecule has 1 aliphatic heterocycles. The number of hydrogen-bond donors (Lipinski definition) is 2. The third-order valence-electron chi connectivity index (χ3n) is 3.76. The summed E-state index contributed by atoms with van der Waals surface area (Å²) in [6, 6.07) is 3.52. The molecular formula is C15H21F2NO. The highest BCUT2D eigenvalue weighted by Gasteiger charge is 2.27. The standard InChI is InChI=1S/C15H21F2NO/c1-2-4-13-5-3-6-14(18-13)15(19)10-7-11(16)9-12(17)8-10/h7-9,13-15,18-19H,2-6H2,1H3/t13-,14+,15?/m0/s1. The largest absolute Gasteiger partial charge is 0.387 e. The van der Waals surface area contributed by atoms with Crippen molar-refractivity contribution in [3.8, 4) is 0 Å². The van der Waals surface area contributed by atoms with Crippen molar-refractivity contribution < 1.29 is 13.9 Å². The Morgan fingerprint density at radius 3 is 2.58 bits per heavy atom. The Morgan fingerprint density at radius 1 is 1.26 bits per heavy atom. The lowest BCUT2D eigenvalue weighted by Crippen LogP contribution is -2.45. The summed E-state index contributed by atoms with van der Waals surface area (Å²) in [5.41, 5.74) is 0.312. The van der Waals surface area contributed by atoms with E-state index in [9.17, 15) is 13.9 Å². The molecule has 1 heterocycles. The predicted molar refractivity (Wildman–Crippen MR) is 70.8 cm³/mol. The Morgan fingerprint density at radius 2 is 1.95 bits per heavy atom. The van der Waals surface area contributed by atoms with Crippen LogP contribution in [-0.2, 0) is 0 Å². The van der Waals surface area contributed by atoms with Crippen molar-refractivity contribution in [3.05, 3.63) is 35.4 Å². The fourth-order valence-corrected chi connectivity index (χ4v) is 2.86. The van der Waals surface area contributed by atoms with E-state index in [0.29, 0.717) is 11.6 Å². The molecule has 1 fully saturated rings. The molecule has 1 unspecified atom stereocenters. The van der Waals surface area contributed by atoms with E-state index in [2.05, 4.69) is 12.2 Å². The number of hydrogen-bond acceptors (Lipinski definition) is 2. The smallest absolute Gasteiger partial charge is 0.126 e. The predicted octanol–water partition coefficient (Wildman–Crippen LogP) is 3.31. The quantitative estimate of drug-likeness (QED) is 0.879. The lowest BCUT2D eigenvalue weighted by molar-refractivity contribution is 0.0992. The van der Waals surface area contributed by atoms with Crippen LogP contribution in [0.1, 0.15) is 50.7 Å². The summed E-state index contributed by atoms with van der Waals surface area (Å²) in [7, 11) is 0. The third kappa shape index (κ3) is 3.74. The van der Waals surface area contributed by atoms with Crippen molar-refractivity contribution in [1.82, 2.24) is 5.32 Å². The second-order valence-corrected chi connectivity index (χ2v) is 5.34. The molecule has 0 bridgehead atoms. The van der Waals surface area contributed by atoms with Crippen LogP contribution in [0.25, 0.3) is 0 Å². The molecule has 3 atom stereocenters. The summed E-state index contributed by atoms with van der Waals surface area (Å²) < 4.78 is 26.4. The van der Waals surface area contributed by atoms with Gasteiger partial charge in [0, 0.05) is 18.2 Å². The number of aliphatic hydroxyl groups excluding tert-OH is 1. The SMILES string of the molecule is CCC[C@H]1CCC[C@H](C(O)c2cc(F)cc(F)c2)N1. The molecule has 2 N–H and O–H groups in total. The topological polar surface area (TPSA) is 32.3 Å². The van der Waals surface area contributed by atoms with Gasteiger partial charge in [0.1, 0.15) is 11.6 Å². The van der Waals surface area contributed by atoms with E-state index in [1.54, 1.807) is 0 Å². The van der Waals surface area contributed by atoms with Crippen LogP contribution in [0.3, 0.4) is 0 Å². The van der Waals surface area contributed by atoms with Crippen LogP contribution in [0.5, 0.6) is 0 Å². The van der Waals surface area contributed by atoms with E-state index in [4.69, 9.17) is 0 Å². The fraction of sp³-hybridized carbons (Fsp3) is 0.600. The van der Waals surface area contributed by atoms with Crippen molar-refractivity contribution in [2.45, 2.75) is 57.2 Å². The van der Waals surface area contributed by atoms with Crippen LogP contribution in [-0.4, -0.2) is 17.2 Å². The lowest BCUT2D eigenvalue weighted by Gasteiger charge is -2.34. The Kier molecular flexibility index (Phi) is 4.88. The normalized spacial score (nSPS) is 25.3. The third-order valence-corrected chi connectivity index (χ3v) is 3.76. The van der Waals surface area contributed by atoms with Gasteiger partial charge in [0.2, 0.25) is 0 Å². The lowest BCUT2D eigenvalue weighted by atomic mass is 9.90. The second-order valence-electron chi connectivity index (χ2n) is 5.34. The fourth-order valence-electron chi connectivity index (χ4n) is 2.86. The van der Waals surface area contributed by atoms with Gasteiger partial charge in [0.15, 0.2) is 0 Å². The molecule has 0 amide bonds. The molecule has 1 aliphatic rings. The maximum Gasteiger partial charge on any atom is 0.126 e. The highest BCUT2D eigenvalue weighted by Crippen LogP contribution is 2.26. The van der Waals surface area contributed by atoms with E-state index < -0.39 is 17.7 Å². The maximum absolute atomic E-state index is 13.2. The van der Waals surface area contributed by atoms with Crippen LogP contribution in [0.2, 0.25) is 0 Å². The molecular weight excluding hydrogens is 248 g/mol. The van der Waals surface area contributed by atoms with E-state index in [1.165, 1.54) is 12.1 Å². The molecule has 0 radical (unpaired) electrons. The van der Waals surface area contributed by atoms with Gasteiger partial charge in [-0.3, -0.25) is 0 Å². The van der Waals surface area contributed by atoms with Crippen LogP contribution in [0.4, 0.5) is 8.78 Å². The zero-order valence-corrected chi connectivity index (χ0v) is 11.2. The van der Waals surface area contributed by atoms with Gasteiger partial charge in [-0.1, -0.05) is 19.8 Å². The number of nitrogens with one attached hydrogen (secondary N) is 1. The molecule has 2 rings (SSSR count). The molecule has 1 saturated heterocycles. The van der Waals surface area contributed by atoms with Crippen molar-refractivity contribution >= 4 is 0 Å². The molecule has 1 aromatic carbocycles. The molecule has 0 aliphatic carbocycles. The molecule has 0 aromatic heterocycles. The van der Waals surface area contributed by atoms with Crippen molar-refractivity contribution in [1.29, 1.82) is 0 Å². The summed E-state index contributed by atoms with van der Waals surface area (Å²) in [5.74, 6) is -1.29. The summed E-state index contributed by atoms with van der Waals surface area (Å²) in [5, 5.41) is 13.7. The first-order valence-corrected chi connectivity index (χ1v) is 7.00. The van der Waals surface area contributed by atoms with Crippen LogP contribution in [0.15, 0.2) is 18.2 Å². The van der Waals surface area contributed by atoms with Gasteiger partial charge in [-0.15, -0.1) is 0 Å².